The molecule has 0 aliphatic heterocycles. The van der Waals surface area contributed by atoms with Gasteiger partial charge in [0.1, 0.15) is 0 Å². The summed E-state index contributed by atoms with van der Waals surface area (Å²) in [6, 6.07) is 25.6. The Morgan fingerprint density at radius 3 is 2.00 bits per heavy atom. The second kappa shape index (κ2) is 7.77. The molecule has 0 N–H and O–H groups in total. The van der Waals surface area contributed by atoms with Crippen LogP contribution in [0.5, 0.6) is 0 Å². The lowest BCUT2D eigenvalue weighted by atomic mass is 9.93. The summed E-state index contributed by atoms with van der Waals surface area (Å²) in [7, 11) is 7.05. The fourth-order valence-electron chi connectivity index (χ4n) is 2.81. The normalized spacial score (nSPS) is 10.0. The highest BCUT2D eigenvalue weighted by Gasteiger charge is 2.13. The van der Waals surface area contributed by atoms with Gasteiger partial charge < -0.3 is 4.90 Å². The van der Waals surface area contributed by atoms with Crippen LogP contribution >= 0.6 is 26.2 Å². The Hall–Kier alpha value is -1.63. The van der Waals surface area contributed by atoms with Crippen molar-refractivity contribution in [1.29, 1.82) is 0 Å². The highest BCUT2D eigenvalue weighted by molar-refractivity contribution is 8.93. The molecule has 1 nitrogen and oxygen atoms in total. The van der Waals surface area contributed by atoms with Crippen LogP contribution in [-0.2, 0) is 0 Å². The molecule has 1 atom stereocenters. The lowest BCUT2D eigenvalue weighted by molar-refractivity contribution is 1.13. The summed E-state index contributed by atoms with van der Waals surface area (Å²) in [5.74, 6) is 0. The highest BCUT2D eigenvalue weighted by Crippen LogP contribution is 2.36. The molecule has 1 unspecified atom stereocenters. The van der Waals surface area contributed by atoms with Crippen LogP contribution in [0.4, 0.5) is 5.69 Å². The molecule has 0 aliphatic carbocycles. The van der Waals surface area contributed by atoms with Gasteiger partial charge in [-0.25, -0.2) is 0 Å². The van der Waals surface area contributed by atoms with Gasteiger partial charge in [-0.3, -0.25) is 0 Å². The van der Waals surface area contributed by atoms with Crippen LogP contribution in [0.2, 0.25) is 0 Å². The second-order valence-electron chi connectivity index (χ2n) is 5.55. The minimum absolute atomic E-state index is 0. The zero-order chi connectivity index (χ0) is 15.5. The van der Waals surface area contributed by atoms with Crippen LogP contribution in [0.3, 0.4) is 0 Å². The maximum Gasteiger partial charge on any atom is 0.0440 e. The molecule has 0 heterocycles. The molecular weight excluding hydrogens is 365 g/mol. The van der Waals surface area contributed by atoms with Gasteiger partial charge in [0, 0.05) is 25.3 Å². The van der Waals surface area contributed by atoms with Crippen LogP contribution in [-0.4, -0.2) is 14.1 Å². The minimum Gasteiger partial charge on any atom is -0.377 e. The Kier molecular flexibility index (Phi) is 5.98. The Balaban J connectivity index is 0.00000192. The molecule has 3 aromatic carbocycles. The smallest absolute Gasteiger partial charge is 0.0440 e. The van der Waals surface area contributed by atoms with Crippen molar-refractivity contribution in [3.8, 4) is 22.3 Å². The topological polar surface area (TPSA) is 3.24 Å². The van der Waals surface area contributed by atoms with Crippen molar-refractivity contribution in [3.63, 3.8) is 0 Å². The predicted octanol–water partition coefficient (Wildman–Crippen LogP) is 5.16. The summed E-state index contributed by atoms with van der Waals surface area (Å²) in [5.41, 5.74) is 6.29. The molecule has 23 heavy (non-hydrogen) atoms. The van der Waals surface area contributed by atoms with Gasteiger partial charge in [0.15, 0.2) is 0 Å². The van der Waals surface area contributed by atoms with E-state index in [1.54, 1.807) is 0 Å². The van der Waals surface area contributed by atoms with E-state index >= 15 is 0 Å². The average Bonchev–Trinajstić information content (AvgIpc) is 2.55. The zero-order valence-corrected chi connectivity index (χ0v) is 16.2. The fourth-order valence-corrected chi connectivity index (χ4v) is 3.25. The first kappa shape index (κ1) is 17.7. The van der Waals surface area contributed by atoms with E-state index in [1.807, 2.05) is 0 Å². The fraction of sp³-hybridized carbons (Fsp3) is 0.100. The van der Waals surface area contributed by atoms with E-state index in [1.165, 1.54) is 33.2 Å². The zero-order valence-electron chi connectivity index (χ0n) is 13.4. The number of para-hydroxylation sites is 1. The Labute approximate surface area is 151 Å². The summed E-state index contributed by atoms with van der Waals surface area (Å²) in [4.78, 5) is 2.17. The van der Waals surface area contributed by atoms with Crippen molar-refractivity contribution in [2.45, 2.75) is 0 Å². The van der Waals surface area contributed by atoms with Crippen LogP contribution in [0.25, 0.3) is 22.3 Å². The van der Waals surface area contributed by atoms with E-state index in [2.05, 4.69) is 101 Å². The number of nitrogens with zero attached hydrogens (tertiary/aromatic N) is 1. The summed E-state index contributed by atoms with van der Waals surface area (Å²) >= 11 is 0. The quantitative estimate of drug-likeness (QED) is 0.562. The standard InChI is InChI=1S/C20H20NP.BrH/c1-21(2)18-13-7-6-11-16(18)17-12-8-14-19(22)20(17)15-9-4-3-5-10-15;/h3-14H,22H2,1-2H3;1H. The van der Waals surface area contributed by atoms with Crippen LogP contribution in [0.15, 0.2) is 72.8 Å². The van der Waals surface area contributed by atoms with Crippen molar-refractivity contribution in [3.05, 3.63) is 72.8 Å². The lowest BCUT2D eigenvalue weighted by Gasteiger charge is -2.20. The van der Waals surface area contributed by atoms with Gasteiger partial charge in [-0.1, -0.05) is 66.7 Å². The lowest BCUT2D eigenvalue weighted by Crippen LogP contribution is -2.10. The molecule has 0 radical (unpaired) electrons. The number of hydrogen-bond donors (Lipinski definition) is 0. The third-order valence-corrected chi connectivity index (χ3v) is 4.32. The van der Waals surface area contributed by atoms with Crippen molar-refractivity contribution >= 4 is 37.2 Å². The Morgan fingerprint density at radius 2 is 1.30 bits per heavy atom. The van der Waals surface area contributed by atoms with Crippen molar-refractivity contribution in [2.75, 3.05) is 19.0 Å². The minimum atomic E-state index is 0. The van der Waals surface area contributed by atoms with Gasteiger partial charge >= 0.3 is 0 Å². The molecule has 0 bridgehead atoms. The summed E-state index contributed by atoms with van der Waals surface area (Å²) in [6.45, 7) is 0. The maximum atomic E-state index is 2.87. The summed E-state index contributed by atoms with van der Waals surface area (Å²) < 4.78 is 0. The second-order valence-corrected chi connectivity index (χ2v) is 6.17. The van der Waals surface area contributed by atoms with E-state index in [-0.39, 0.29) is 17.0 Å². The highest BCUT2D eigenvalue weighted by atomic mass is 79.9. The molecule has 0 amide bonds. The van der Waals surface area contributed by atoms with Gasteiger partial charge in [-0.15, -0.1) is 26.2 Å². The largest absolute Gasteiger partial charge is 0.377 e. The first-order valence-corrected chi connectivity index (χ1v) is 7.97. The predicted molar refractivity (Wildman–Crippen MR) is 111 cm³/mol. The van der Waals surface area contributed by atoms with Crippen LogP contribution < -0.4 is 10.2 Å². The van der Waals surface area contributed by atoms with E-state index in [4.69, 9.17) is 0 Å². The van der Waals surface area contributed by atoms with Crippen molar-refractivity contribution in [2.24, 2.45) is 0 Å². The Morgan fingerprint density at radius 1 is 0.696 bits per heavy atom. The van der Waals surface area contributed by atoms with Gasteiger partial charge in [0.25, 0.3) is 0 Å². The van der Waals surface area contributed by atoms with Crippen molar-refractivity contribution < 1.29 is 0 Å². The molecule has 118 valence electrons. The number of benzene rings is 3. The maximum absolute atomic E-state index is 2.87. The number of anilines is 1. The number of rotatable bonds is 3. The molecule has 0 spiro atoms. The van der Waals surface area contributed by atoms with Gasteiger partial charge in [0.05, 0.1) is 0 Å². The SMILES string of the molecule is Br.CN(C)c1ccccc1-c1cccc(P)c1-c1ccccc1. The van der Waals surface area contributed by atoms with Gasteiger partial charge in [0.2, 0.25) is 0 Å². The number of halogens is 1. The monoisotopic (exact) mass is 385 g/mol. The molecule has 3 aromatic rings. The van der Waals surface area contributed by atoms with Crippen LogP contribution in [0, 0.1) is 0 Å². The molecule has 3 rings (SSSR count). The van der Waals surface area contributed by atoms with E-state index in [0.717, 1.165) is 0 Å². The summed E-state index contributed by atoms with van der Waals surface area (Å²) in [5, 5.41) is 1.22. The first-order chi connectivity index (χ1) is 10.7. The van der Waals surface area contributed by atoms with Gasteiger partial charge in [-0.05, 0) is 28.1 Å². The number of hydrogen-bond acceptors (Lipinski definition) is 1. The van der Waals surface area contributed by atoms with Crippen LogP contribution in [0.1, 0.15) is 0 Å². The van der Waals surface area contributed by atoms with E-state index in [0.29, 0.717) is 0 Å². The molecule has 0 saturated carbocycles. The molecule has 0 aromatic heterocycles. The third-order valence-electron chi connectivity index (χ3n) is 3.84. The molecule has 3 heteroatoms. The summed E-state index contributed by atoms with van der Waals surface area (Å²) in [6.07, 6.45) is 0. The van der Waals surface area contributed by atoms with Gasteiger partial charge in [-0.2, -0.15) is 0 Å². The average molecular weight is 386 g/mol. The third kappa shape index (κ3) is 3.65. The van der Waals surface area contributed by atoms with Crippen molar-refractivity contribution in [1.82, 2.24) is 0 Å². The first-order valence-electron chi connectivity index (χ1n) is 7.39. The molecule has 0 saturated heterocycles. The Bertz CT molecular complexity index is 785. The molecule has 0 aliphatic rings. The van der Waals surface area contributed by atoms with E-state index < -0.39 is 0 Å². The molecular formula is C20H21BrNP. The van der Waals surface area contributed by atoms with E-state index in [9.17, 15) is 0 Å². The molecule has 0 fully saturated rings.